The quantitative estimate of drug-likeness (QED) is 0.521. The second-order valence-electron chi connectivity index (χ2n) is 8.89. The minimum atomic E-state index is -3.39. The molecule has 0 amide bonds. The van der Waals surface area contributed by atoms with E-state index in [1.54, 1.807) is 0 Å². The zero-order valence-corrected chi connectivity index (χ0v) is 20.3. The van der Waals surface area contributed by atoms with Crippen LogP contribution in [0.25, 0.3) is 0 Å². The molecule has 0 spiro atoms. The Bertz CT molecular complexity index is 1150. The van der Waals surface area contributed by atoms with Crippen molar-refractivity contribution >= 4 is 15.7 Å². The molecule has 1 aliphatic rings. The molecule has 0 bridgehead atoms. The number of nitrogens with one attached hydrogen (secondary N) is 1. The van der Waals surface area contributed by atoms with Gasteiger partial charge in [0.25, 0.3) is 0 Å². The predicted molar refractivity (Wildman–Crippen MR) is 136 cm³/mol. The third kappa shape index (κ3) is 6.22. The average Bonchev–Trinajstić information content (AvgIpc) is 2.84. The summed E-state index contributed by atoms with van der Waals surface area (Å²) in [7, 11) is 0.657. The predicted octanol–water partition coefficient (Wildman–Crippen LogP) is 4.01. The maximum atomic E-state index is 12.8. The van der Waals surface area contributed by atoms with Crippen LogP contribution in [0.2, 0.25) is 0 Å². The Labute approximate surface area is 198 Å². The summed E-state index contributed by atoms with van der Waals surface area (Å²) in [6.45, 7) is 2.09. The van der Waals surface area contributed by atoms with Gasteiger partial charge < -0.3 is 4.90 Å². The number of anilines is 1. The lowest BCUT2D eigenvalue weighted by Crippen LogP contribution is -2.41. The van der Waals surface area contributed by atoms with Crippen molar-refractivity contribution in [2.75, 3.05) is 37.8 Å². The van der Waals surface area contributed by atoms with Crippen LogP contribution in [-0.4, -0.2) is 46.3 Å². The lowest BCUT2D eigenvalue weighted by Gasteiger charge is -2.36. The number of benzene rings is 3. The number of rotatable bonds is 9. The summed E-state index contributed by atoms with van der Waals surface area (Å²) in [4.78, 5) is 4.47. The lowest BCUT2D eigenvalue weighted by atomic mass is 9.96. The highest BCUT2D eigenvalue weighted by atomic mass is 32.2. The highest BCUT2D eigenvalue weighted by molar-refractivity contribution is 7.89. The van der Waals surface area contributed by atoms with Crippen molar-refractivity contribution in [2.45, 2.75) is 25.4 Å². The molecule has 3 aromatic rings. The number of aryl methyl sites for hydroxylation is 1. The van der Waals surface area contributed by atoms with E-state index in [2.05, 4.69) is 63.1 Å². The maximum Gasteiger partial charge on any atom is 0.211 e. The molecular formula is C27H33N3O2S. The summed E-state index contributed by atoms with van der Waals surface area (Å²) in [5, 5.41) is 0. The molecule has 1 aliphatic heterocycles. The van der Waals surface area contributed by atoms with Gasteiger partial charge in [-0.2, -0.15) is 0 Å². The minimum Gasteiger partial charge on any atom is -0.378 e. The van der Waals surface area contributed by atoms with Gasteiger partial charge in [-0.25, -0.2) is 13.1 Å². The first-order valence-electron chi connectivity index (χ1n) is 11.5. The van der Waals surface area contributed by atoms with E-state index in [0.717, 1.165) is 36.3 Å². The fourth-order valence-electron chi connectivity index (χ4n) is 4.41. The third-order valence-corrected chi connectivity index (χ3v) is 7.74. The monoisotopic (exact) mass is 463 g/mol. The molecule has 0 aliphatic carbocycles. The standard InChI is InChI=1S/C27H33N3O2S/c1-29(2)26-14-12-24(13-15-26)27(30-18-16-23-10-6-7-11-25(23)21-30)20-28-33(31,32)19-17-22-8-4-3-5-9-22/h3-15,27-28H,16-21H2,1-2H3. The number of hydrogen-bond donors (Lipinski definition) is 1. The van der Waals surface area contributed by atoms with Gasteiger partial charge in [0.05, 0.1) is 5.75 Å². The molecule has 6 heteroatoms. The van der Waals surface area contributed by atoms with Gasteiger partial charge in [0, 0.05) is 45.5 Å². The topological polar surface area (TPSA) is 52.7 Å². The van der Waals surface area contributed by atoms with Crippen LogP contribution in [-0.2, 0) is 29.4 Å². The number of fused-ring (bicyclic) bond motifs is 1. The van der Waals surface area contributed by atoms with E-state index < -0.39 is 10.0 Å². The summed E-state index contributed by atoms with van der Waals surface area (Å²) < 4.78 is 28.6. The Hall–Kier alpha value is -2.67. The van der Waals surface area contributed by atoms with Crippen LogP contribution >= 0.6 is 0 Å². The van der Waals surface area contributed by atoms with E-state index in [0.29, 0.717) is 13.0 Å². The minimum absolute atomic E-state index is 0.0268. The van der Waals surface area contributed by atoms with Crippen LogP contribution in [0.3, 0.4) is 0 Å². The van der Waals surface area contributed by atoms with Gasteiger partial charge in [-0.15, -0.1) is 0 Å². The molecular weight excluding hydrogens is 430 g/mol. The second-order valence-corrected chi connectivity index (χ2v) is 10.8. The number of nitrogens with zero attached hydrogens (tertiary/aromatic N) is 2. The second kappa shape index (κ2) is 10.5. The Morgan fingerprint density at radius 3 is 2.27 bits per heavy atom. The highest BCUT2D eigenvalue weighted by Gasteiger charge is 2.26. The smallest absolute Gasteiger partial charge is 0.211 e. The van der Waals surface area contributed by atoms with Crippen LogP contribution in [0.15, 0.2) is 78.9 Å². The van der Waals surface area contributed by atoms with E-state index in [-0.39, 0.29) is 11.8 Å². The molecule has 1 atom stereocenters. The van der Waals surface area contributed by atoms with Crippen molar-refractivity contribution in [1.29, 1.82) is 0 Å². The first-order valence-corrected chi connectivity index (χ1v) is 13.2. The molecule has 174 valence electrons. The Kier molecular flexibility index (Phi) is 7.48. The zero-order chi connectivity index (χ0) is 23.3. The average molecular weight is 464 g/mol. The molecule has 33 heavy (non-hydrogen) atoms. The first-order chi connectivity index (χ1) is 15.9. The molecule has 3 aromatic carbocycles. The van der Waals surface area contributed by atoms with Gasteiger partial charge in [0.2, 0.25) is 10.0 Å². The number of hydrogen-bond acceptors (Lipinski definition) is 4. The Morgan fingerprint density at radius 2 is 1.58 bits per heavy atom. The van der Waals surface area contributed by atoms with Gasteiger partial charge >= 0.3 is 0 Å². The summed E-state index contributed by atoms with van der Waals surface area (Å²) in [6.07, 6.45) is 1.48. The van der Waals surface area contributed by atoms with Crippen molar-refractivity contribution in [3.63, 3.8) is 0 Å². The van der Waals surface area contributed by atoms with Gasteiger partial charge in [0.1, 0.15) is 0 Å². The van der Waals surface area contributed by atoms with Crippen molar-refractivity contribution < 1.29 is 8.42 Å². The molecule has 0 fully saturated rings. The van der Waals surface area contributed by atoms with E-state index in [4.69, 9.17) is 0 Å². The summed E-state index contributed by atoms with van der Waals surface area (Å²) in [6, 6.07) is 26.7. The van der Waals surface area contributed by atoms with Gasteiger partial charge in [-0.05, 0) is 47.2 Å². The molecule has 4 rings (SSSR count). The van der Waals surface area contributed by atoms with E-state index in [9.17, 15) is 8.42 Å². The zero-order valence-electron chi connectivity index (χ0n) is 19.4. The normalized spacial score (nSPS) is 15.1. The SMILES string of the molecule is CN(C)c1ccc(C(CNS(=O)(=O)CCc2ccccc2)N2CCc3ccccc3C2)cc1. The van der Waals surface area contributed by atoms with E-state index in [1.807, 2.05) is 44.4 Å². The van der Waals surface area contributed by atoms with Gasteiger partial charge in [-0.3, -0.25) is 4.90 Å². The molecule has 0 radical (unpaired) electrons. The molecule has 1 N–H and O–H groups in total. The lowest BCUT2D eigenvalue weighted by molar-refractivity contribution is 0.180. The number of sulfonamides is 1. The fourth-order valence-corrected chi connectivity index (χ4v) is 5.47. The molecule has 0 saturated carbocycles. The highest BCUT2D eigenvalue weighted by Crippen LogP contribution is 2.29. The molecule has 1 heterocycles. The molecule has 0 aromatic heterocycles. The van der Waals surface area contributed by atoms with E-state index in [1.165, 1.54) is 11.1 Å². The van der Waals surface area contributed by atoms with Crippen molar-refractivity contribution in [1.82, 2.24) is 9.62 Å². The first kappa shape index (κ1) is 23.5. The van der Waals surface area contributed by atoms with Gasteiger partial charge in [-0.1, -0.05) is 66.7 Å². The van der Waals surface area contributed by atoms with Crippen LogP contribution in [0.4, 0.5) is 5.69 Å². The van der Waals surface area contributed by atoms with E-state index >= 15 is 0 Å². The third-order valence-electron chi connectivity index (χ3n) is 6.39. The van der Waals surface area contributed by atoms with Crippen LogP contribution in [0, 0.1) is 0 Å². The molecule has 1 unspecified atom stereocenters. The molecule has 5 nitrogen and oxygen atoms in total. The summed E-state index contributed by atoms with van der Waals surface area (Å²) >= 11 is 0. The van der Waals surface area contributed by atoms with Crippen LogP contribution in [0.1, 0.15) is 28.3 Å². The van der Waals surface area contributed by atoms with Gasteiger partial charge in [0.15, 0.2) is 0 Å². The summed E-state index contributed by atoms with van der Waals surface area (Å²) in [5.74, 6) is 0.0894. The summed E-state index contributed by atoms with van der Waals surface area (Å²) in [5.41, 5.74) is 6.01. The molecule has 0 saturated heterocycles. The van der Waals surface area contributed by atoms with Crippen molar-refractivity contribution in [2.24, 2.45) is 0 Å². The van der Waals surface area contributed by atoms with Crippen LogP contribution < -0.4 is 9.62 Å². The van der Waals surface area contributed by atoms with Crippen LogP contribution in [0.5, 0.6) is 0 Å². The largest absolute Gasteiger partial charge is 0.378 e. The Balaban J connectivity index is 1.50. The van der Waals surface area contributed by atoms with Crippen molar-refractivity contribution in [3.05, 3.63) is 101 Å². The fraction of sp³-hybridized carbons (Fsp3) is 0.333. The van der Waals surface area contributed by atoms with Crippen molar-refractivity contribution in [3.8, 4) is 0 Å². The Morgan fingerprint density at radius 1 is 0.909 bits per heavy atom. The maximum absolute atomic E-state index is 12.8.